The van der Waals surface area contributed by atoms with Crippen LogP contribution in [-0.2, 0) is 20.9 Å². The molecule has 1 saturated heterocycles. The molecule has 0 spiro atoms. The van der Waals surface area contributed by atoms with E-state index < -0.39 is 0 Å². The van der Waals surface area contributed by atoms with Crippen LogP contribution in [0.2, 0.25) is 0 Å². The standard InChI is InChI=1S/C23H27IO4/c1-14-18-11-19-16(13-27-12-15-6-8-17(26-3)9-7-15)5-4-10-23(19,2)21(24)20(18)28-22(14)25/h4-10,14,18-21H,11-13H2,1-3H3/t14-,18-,19+,20+,21-,23-/m0/s1. The Bertz CT molecular complexity index is 799. The van der Waals surface area contributed by atoms with Crippen molar-refractivity contribution in [3.63, 3.8) is 0 Å². The van der Waals surface area contributed by atoms with Gasteiger partial charge in [0.1, 0.15) is 11.9 Å². The number of fused-ring (bicyclic) bond motifs is 2. The van der Waals surface area contributed by atoms with Gasteiger partial charge in [0.05, 0.1) is 30.2 Å². The number of methoxy groups -OCH3 is 1. The predicted molar refractivity (Wildman–Crippen MR) is 116 cm³/mol. The molecule has 5 heteroatoms. The Balaban J connectivity index is 1.45. The van der Waals surface area contributed by atoms with Crippen LogP contribution in [0.25, 0.3) is 0 Å². The van der Waals surface area contributed by atoms with Gasteiger partial charge >= 0.3 is 5.97 Å². The lowest BCUT2D eigenvalue weighted by Gasteiger charge is -2.50. The van der Waals surface area contributed by atoms with Crippen LogP contribution in [0, 0.1) is 23.2 Å². The van der Waals surface area contributed by atoms with Crippen LogP contribution in [0.4, 0.5) is 0 Å². The molecule has 1 saturated carbocycles. The minimum absolute atomic E-state index is 0.0143. The molecule has 2 fully saturated rings. The number of carbonyl (C=O) groups excluding carboxylic acids is 1. The summed E-state index contributed by atoms with van der Waals surface area (Å²) in [5.41, 5.74) is 2.44. The summed E-state index contributed by atoms with van der Waals surface area (Å²) in [5.74, 6) is 1.48. The molecular weight excluding hydrogens is 467 g/mol. The van der Waals surface area contributed by atoms with Gasteiger partial charge in [-0.1, -0.05) is 66.8 Å². The van der Waals surface area contributed by atoms with Gasteiger partial charge in [0.25, 0.3) is 0 Å². The van der Waals surface area contributed by atoms with Crippen molar-refractivity contribution in [1.82, 2.24) is 0 Å². The van der Waals surface area contributed by atoms with E-state index in [0.717, 1.165) is 17.7 Å². The average Bonchev–Trinajstić information content (AvgIpc) is 2.98. The number of carbonyl (C=O) groups is 1. The highest BCUT2D eigenvalue weighted by Gasteiger charge is 2.58. The van der Waals surface area contributed by atoms with Crippen molar-refractivity contribution in [2.45, 2.75) is 36.9 Å². The van der Waals surface area contributed by atoms with E-state index in [9.17, 15) is 4.79 Å². The molecular formula is C23H27IO4. The van der Waals surface area contributed by atoms with Gasteiger partial charge in [-0.25, -0.2) is 0 Å². The number of benzene rings is 1. The molecule has 1 aliphatic heterocycles. The van der Waals surface area contributed by atoms with Gasteiger partial charge in [-0.3, -0.25) is 4.79 Å². The molecule has 0 N–H and O–H groups in total. The highest BCUT2D eigenvalue weighted by atomic mass is 127. The second-order valence-corrected chi connectivity index (χ2v) is 9.69. The molecule has 2 aliphatic carbocycles. The molecule has 0 bridgehead atoms. The normalized spacial score (nSPS) is 36.4. The van der Waals surface area contributed by atoms with Crippen LogP contribution < -0.4 is 4.74 Å². The zero-order valence-corrected chi connectivity index (χ0v) is 18.7. The molecule has 1 heterocycles. The van der Waals surface area contributed by atoms with Crippen molar-refractivity contribution in [2.75, 3.05) is 13.7 Å². The molecule has 0 aromatic heterocycles. The highest BCUT2D eigenvalue weighted by Crippen LogP contribution is 2.56. The van der Waals surface area contributed by atoms with E-state index in [1.165, 1.54) is 5.57 Å². The first-order chi connectivity index (χ1) is 13.4. The second-order valence-electron chi connectivity index (χ2n) is 8.35. The van der Waals surface area contributed by atoms with Gasteiger partial charge in [0, 0.05) is 11.3 Å². The molecule has 0 unspecified atom stereocenters. The molecule has 0 radical (unpaired) electrons. The van der Waals surface area contributed by atoms with Gasteiger partial charge < -0.3 is 14.2 Å². The molecule has 4 rings (SSSR count). The molecule has 6 atom stereocenters. The number of allylic oxidation sites excluding steroid dienone is 3. The predicted octanol–water partition coefficient (Wildman–Crippen LogP) is 4.72. The van der Waals surface area contributed by atoms with E-state index >= 15 is 0 Å². The first-order valence-corrected chi connectivity index (χ1v) is 11.1. The van der Waals surface area contributed by atoms with Crippen molar-refractivity contribution in [3.8, 4) is 5.75 Å². The Labute approximate surface area is 180 Å². The fourth-order valence-corrected chi connectivity index (χ4v) is 6.21. The van der Waals surface area contributed by atoms with Gasteiger partial charge in [-0.15, -0.1) is 0 Å². The minimum atomic E-state index is -0.0378. The lowest BCUT2D eigenvalue weighted by molar-refractivity contribution is -0.144. The molecule has 4 nitrogen and oxygen atoms in total. The zero-order valence-electron chi connectivity index (χ0n) is 16.6. The Morgan fingerprint density at radius 3 is 2.71 bits per heavy atom. The molecule has 1 aromatic carbocycles. The second kappa shape index (κ2) is 7.82. The van der Waals surface area contributed by atoms with Crippen molar-refractivity contribution < 1.29 is 19.0 Å². The van der Waals surface area contributed by atoms with Gasteiger partial charge in [0.2, 0.25) is 0 Å². The van der Waals surface area contributed by atoms with Crippen LogP contribution >= 0.6 is 22.6 Å². The number of rotatable bonds is 5. The summed E-state index contributed by atoms with van der Waals surface area (Å²) in [6.07, 6.45) is 7.65. The van der Waals surface area contributed by atoms with E-state index in [2.05, 4.69) is 47.7 Å². The molecule has 3 aliphatic rings. The smallest absolute Gasteiger partial charge is 0.309 e. The lowest BCUT2D eigenvalue weighted by atomic mass is 9.58. The van der Waals surface area contributed by atoms with Crippen molar-refractivity contribution in [2.24, 2.45) is 23.2 Å². The Morgan fingerprint density at radius 2 is 2.00 bits per heavy atom. The maximum absolute atomic E-state index is 12.2. The van der Waals surface area contributed by atoms with E-state index in [1.807, 2.05) is 31.2 Å². The third-order valence-electron chi connectivity index (χ3n) is 6.74. The monoisotopic (exact) mass is 494 g/mol. The van der Waals surface area contributed by atoms with E-state index in [1.54, 1.807) is 7.11 Å². The van der Waals surface area contributed by atoms with Crippen molar-refractivity contribution in [3.05, 3.63) is 53.6 Å². The number of alkyl halides is 1. The fraction of sp³-hybridized carbons (Fsp3) is 0.522. The fourth-order valence-electron chi connectivity index (χ4n) is 4.89. The zero-order chi connectivity index (χ0) is 19.9. The Kier molecular flexibility index (Phi) is 5.58. The Morgan fingerprint density at radius 1 is 1.25 bits per heavy atom. The van der Waals surface area contributed by atoms with Gasteiger partial charge in [-0.05, 0) is 35.6 Å². The van der Waals surface area contributed by atoms with E-state index in [-0.39, 0.29) is 27.3 Å². The third kappa shape index (κ3) is 3.41. The molecule has 0 amide bonds. The summed E-state index contributed by atoms with van der Waals surface area (Å²) in [5, 5.41) is 0. The largest absolute Gasteiger partial charge is 0.497 e. The summed E-state index contributed by atoms with van der Waals surface area (Å²) in [4.78, 5) is 12.2. The summed E-state index contributed by atoms with van der Waals surface area (Å²) < 4.78 is 17.3. The number of halogens is 1. The number of ether oxygens (including phenoxy) is 3. The highest BCUT2D eigenvalue weighted by molar-refractivity contribution is 14.1. The number of hydrogen-bond donors (Lipinski definition) is 0. The lowest BCUT2D eigenvalue weighted by Crippen LogP contribution is -2.51. The molecule has 150 valence electrons. The first kappa shape index (κ1) is 20.0. The third-order valence-corrected chi connectivity index (χ3v) is 8.79. The quantitative estimate of drug-likeness (QED) is 0.338. The topological polar surface area (TPSA) is 44.8 Å². The van der Waals surface area contributed by atoms with Crippen molar-refractivity contribution in [1.29, 1.82) is 0 Å². The average molecular weight is 494 g/mol. The van der Waals surface area contributed by atoms with Crippen LogP contribution in [-0.4, -0.2) is 29.7 Å². The Hall–Kier alpha value is -1.34. The molecule has 1 aromatic rings. The molecule has 28 heavy (non-hydrogen) atoms. The maximum atomic E-state index is 12.2. The number of hydrogen-bond acceptors (Lipinski definition) is 4. The number of esters is 1. The van der Waals surface area contributed by atoms with E-state index in [0.29, 0.717) is 25.0 Å². The summed E-state index contributed by atoms with van der Waals surface area (Å²) >= 11 is 2.50. The van der Waals surface area contributed by atoms with Gasteiger partial charge in [-0.2, -0.15) is 0 Å². The minimum Gasteiger partial charge on any atom is -0.497 e. The van der Waals surface area contributed by atoms with Crippen LogP contribution in [0.15, 0.2) is 48.1 Å². The summed E-state index contributed by atoms with van der Waals surface area (Å²) in [6.45, 7) is 5.50. The summed E-state index contributed by atoms with van der Waals surface area (Å²) in [6, 6.07) is 7.98. The van der Waals surface area contributed by atoms with Crippen molar-refractivity contribution >= 4 is 28.6 Å². The van der Waals surface area contributed by atoms with Gasteiger partial charge in [0.15, 0.2) is 0 Å². The van der Waals surface area contributed by atoms with Crippen LogP contribution in [0.1, 0.15) is 25.8 Å². The van der Waals surface area contributed by atoms with E-state index in [4.69, 9.17) is 14.2 Å². The SMILES string of the molecule is COc1ccc(COCC2=CC=C[C@@]3(C)[C@@H]2C[C@@H]2[C@@H](OC(=O)[C@H]2C)[C@@H]3I)cc1. The summed E-state index contributed by atoms with van der Waals surface area (Å²) in [7, 11) is 1.67. The first-order valence-electron chi connectivity index (χ1n) is 9.87. The maximum Gasteiger partial charge on any atom is 0.309 e. The van der Waals surface area contributed by atoms with Crippen LogP contribution in [0.3, 0.4) is 0 Å². The van der Waals surface area contributed by atoms with Crippen LogP contribution in [0.5, 0.6) is 5.75 Å².